The topological polar surface area (TPSA) is 64.0 Å². The standard InChI is InChI=1S/C22H25N3O2S2/c1-12-8-9-16(13(2)11-12)25-21(27)18-14(3)15(4)28-20(18)24-22(25)29-17-7-5-6-10-23-19(17)26/h8-9,11,17H,5-7,10H2,1-4H3,(H,23,26). The number of aryl methyl sites for hydroxylation is 4. The molecule has 0 spiro atoms. The van der Waals surface area contributed by atoms with Crippen LogP contribution in [0.5, 0.6) is 0 Å². The molecule has 29 heavy (non-hydrogen) atoms. The number of benzene rings is 1. The molecule has 2 aromatic heterocycles. The van der Waals surface area contributed by atoms with Crippen molar-refractivity contribution in [2.24, 2.45) is 0 Å². The first-order valence-electron chi connectivity index (χ1n) is 9.91. The summed E-state index contributed by atoms with van der Waals surface area (Å²) < 4.78 is 1.71. The van der Waals surface area contributed by atoms with Gasteiger partial charge in [0.05, 0.1) is 16.3 Å². The molecule has 3 heterocycles. The van der Waals surface area contributed by atoms with E-state index in [1.807, 2.05) is 39.8 Å². The first-order valence-corrected chi connectivity index (χ1v) is 11.6. The van der Waals surface area contributed by atoms with Crippen molar-refractivity contribution in [1.82, 2.24) is 14.9 Å². The molecule has 5 nitrogen and oxygen atoms in total. The monoisotopic (exact) mass is 427 g/mol. The third kappa shape index (κ3) is 3.73. The molecule has 1 aliphatic heterocycles. The van der Waals surface area contributed by atoms with Gasteiger partial charge in [-0.2, -0.15) is 0 Å². The van der Waals surface area contributed by atoms with Gasteiger partial charge in [-0.15, -0.1) is 11.3 Å². The molecule has 0 radical (unpaired) electrons. The minimum Gasteiger partial charge on any atom is -0.355 e. The van der Waals surface area contributed by atoms with Crippen LogP contribution >= 0.6 is 23.1 Å². The van der Waals surface area contributed by atoms with E-state index in [1.54, 1.807) is 15.9 Å². The number of aromatic nitrogens is 2. The highest BCUT2D eigenvalue weighted by Crippen LogP contribution is 2.33. The lowest BCUT2D eigenvalue weighted by atomic mass is 10.1. The van der Waals surface area contributed by atoms with Crippen LogP contribution in [0, 0.1) is 27.7 Å². The van der Waals surface area contributed by atoms with Gasteiger partial charge in [0.25, 0.3) is 5.56 Å². The van der Waals surface area contributed by atoms with Crippen LogP contribution in [0.3, 0.4) is 0 Å². The first kappa shape index (κ1) is 20.2. The summed E-state index contributed by atoms with van der Waals surface area (Å²) in [5.74, 6) is 0.0348. The van der Waals surface area contributed by atoms with E-state index in [4.69, 9.17) is 4.98 Å². The van der Waals surface area contributed by atoms with E-state index in [0.29, 0.717) is 10.5 Å². The Labute approximate surface area is 178 Å². The number of amides is 1. The predicted molar refractivity (Wildman–Crippen MR) is 121 cm³/mol. The maximum Gasteiger partial charge on any atom is 0.267 e. The number of nitrogens with zero attached hydrogens (tertiary/aromatic N) is 2. The minimum atomic E-state index is -0.235. The summed E-state index contributed by atoms with van der Waals surface area (Å²) in [6.07, 6.45) is 2.77. The van der Waals surface area contributed by atoms with Crippen LogP contribution in [0.2, 0.25) is 0 Å². The highest BCUT2D eigenvalue weighted by Gasteiger charge is 2.26. The zero-order valence-electron chi connectivity index (χ0n) is 17.2. The van der Waals surface area contributed by atoms with Gasteiger partial charge < -0.3 is 5.32 Å². The van der Waals surface area contributed by atoms with Crippen molar-refractivity contribution in [2.45, 2.75) is 57.4 Å². The lowest BCUT2D eigenvalue weighted by Gasteiger charge is -2.18. The molecule has 1 atom stereocenters. The number of carbonyl (C=O) groups excluding carboxylic acids is 1. The van der Waals surface area contributed by atoms with Crippen molar-refractivity contribution in [2.75, 3.05) is 6.54 Å². The zero-order chi connectivity index (χ0) is 20.7. The zero-order valence-corrected chi connectivity index (χ0v) is 18.8. The summed E-state index contributed by atoms with van der Waals surface area (Å²) >= 11 is 2.96. The average Bonchev–Trinajstić information content (AvgIpc) is 2.81. The van der Waals surface area contributed by atoms with Gasteiger partial charge in [0.1, 0.15) is 4.83 Å². The quantitative estimate of drug-likeness (QED) is 0.628. The molecule has 0 bridgehead atoms. The minimum absolute atomic E-state index is 0.0348. The van der Waals surface area contributed by atoms with Crippen molar-refractivity contribution >= 4 is 39.2 Å². The average molecular weight is 428 g/mol. The lowest BCUT2D eigenvalue weighted by Crippen LogP contribution is -2.31. The smallest absolute Gasteiger partial charge is 0.267 e. The number of rotatable bonds is 3. The third-order valence-electron chi connectivity index (χ3n) is 5.50. The van der Waals surface area contributed by atoms with Gasteiger partial charge >= 0.3 is 0 Å². The second-order valence-corrected chi connectivity index (χ2v) is 10.1. The van der Waals surface area contributed by atoms with Crippen molar-refractivity contribution in [3.05, 3.63) is 50.1 Å². The van der Waals surface area contributed by atoms with Crippen LogP contribution in [0.1, 0.15) is 40.8 Å². The van der Waals surface area contributed by atoms with Crippen LogP contribution in [0.4, 0.5) is 0 Å². The Kier molecular flexibility index (Phi) is 5.53. The fourth-order valence-corrected chi connectivity index (χ4v) is 6.01. The second kappa shape index (κ2) is 7.95. The molecule has 0 aliphatic carbocycles. The summed E-state index contributed by atoms with van der Waals surface area (Å²) in [5, 5.41) is 4.03. The van der Waals surface area contributed by atoms with Gasteiger partial charge in [-0.1, -0.05) is 35.9 Å². The van der Waals surface area contributed by atoms with E-state index in [-0.39, 0.29) is 16.7 Å². The van der Waals surface area contributed by atoms with Gasteiger partial charge in [-0.25, -0.2) is 4.98 Å². The molecule has 1 fully saturated rings. The normalized spacial score (nSPS) is 17.4. The number of hydrogen-bond acceptors (Lipinski definition) is 5. The molecular weight excluding hydrogens is 402 g/mol. The molecular formula is C22H25N3O2S2. The number of hydrogen-bond donors (Lipinski definition) is 1. The van der Waals surface area contributed by atoms with Crippen LogP contribution < -0.4 is 10.9 Å². The molecule has 1 aliphatic rings. The van der Waals surface area contributed by atoms with Gasteiger partial charge in [0, 0.05) is 11.4 Å². The van der Waals surface area contributed by atoms with Crippen LogP contribution in [-0.2, 0) is 4.79 Å². The Balaban J connectivity index is 1.94. The molecule has 152 valence electrons. The maximum absolute atomic E-state index is 13.6. The van der Waals surface area contributed by atoms with Gasteiger partial charge in [-0.05, 0) is 57.7 Å². The van der Waals surface area contributed by atoms with Crippen LogP contribution in [0.15, 0.2) is 28.2 Å². The van der Waals surface area contributed by atoms with E-state index in [0.717, 1.165) is 57.9 Å². The molecule has 1 N–H and O–H groups in total. The first-order chi connectivity index (χ1) is 13.9. The van der Waals surface area contributed by atoms with Crippen LogP contribution in [0.25, 0.3) is 15.9 Å². The van der Waals surface area contributed by atoms with Gasteiger partial charge in [-0.3, -0.25) is 14.2 Å². The number of fused-ring (bicyclic) bond motifs is 1. The summed E-state index contributed by atoms with van der Waals surface area (Å²) in [4.78, 5) is 32.9. The summed E-state index contributed by atoms with van der Waals surface area (Å²) in [6.45, 7) is 8.77. The molecule has 1 saturated heterocycles. The Bertz CT molecular complexity index is 1160. The fraction of sp³-hybridized carbons (Fsp3) is 0.409. The highest BCUT2D eigenvalue weighted by atomic mass is 32.2. The summed E-state index contributed by atoms with van der Waals surface area (Å²) in [5.41, 5.74) is 3.93. The van der Waals surface area contributed by atoms with Gasteiger partial charge in [0.2, 0.25) is 5.91 Å². The number of thiophene rings is 1. The molecule has 1 unspecified atom stereocenters. The summed E-state index contributed by atoms with van der Waals surface area (Å²) in [6, 6.07) is 6.06. The SMILES string of the molecule is Cc1ccc(-n2c(SC3CCCCNC3=O)nc3sc(C)c(C)c3c2=O)c(C)c1. The van der Waals surface area contributed by atoms with Crippen molar-refractivity contribution in [1.29, 1.82) is 0 Å². The number of carbonyl (C=O) groups is 1. The van der Waals surface area contributed by atoms with E-state index >= 15 is 0 Å². The van der Waals surface area contributed by atoms with E-state index in [1.165, 1.54) is 11.8 Å². The largest absolute Gasteiger partial charge is 0.355 e. The summed E-state index contributed by atoms with van der Waals surface area (Å²) in [7, 11) is 0. The Morgan fingerprint density at radius 2 is 1.97 bits per heavy atom. The van der Waals surface area contributed by atoms with E-state index in [2.05, 4.69) is 11.4 Å². The molecule has 1 aromatic carbocycles. The van der Waals surface area contributed by atoms with E-state index in [9.17, 15) is 9.59 Å². The van der Waals surface area contributed by atoms with Crippen molar-refractivity contribution in [3.63, 3.8) is 0 Å². The molecule has 4 rings (SSSR count). The lowest BCUT2D eigenvalue weighted by molar-refractivity contribution is -0.120. The second-order valence-electron chi connectivity index (χ2n) is 7.68. The number of thioether (sulfide) groups is 1. The van der Waals surface area contributed by atoms with Crippen LogP contribution in [-0.4, -0.2) is 27.3 Å². The number of nitrogens with one attached hydrogen (secondary N) is 1. The Morgan fingerprint density at radius 1 is 1.17 bits per heavy atom. The third-order valence-corrected chi connectivity index (χ3v) is 7.82. The van der Waals surface area contributed by atoms with Gasteiger partial charge in [0.15, 0.2) is 5.16 Å². The Hall–Kier alpha value is -2.12. The Morgan fingerprint density at radius 3 is 2.72 bits per heavy atom. The highest BCUT2D eigenvalue weighted by molar-refractivity contribution is 8.00. The molecule has 7 heteroatoms. The molecule has 1 amide bonds. The van der Waals surface area contributed by atoms with Crippen molar-refractivity contribution < 1.29 is 4.79 Å². The van der Waals surface area contributed by atoms with Crippen molar-refractivity contribution in [3.8, 4) is 5.69 Å². The predicted octanol–water partition coefficient (Wildman–Crippen LogP) is 4.44. The fourth-order valence-electron chi connectivity index (χ4n) is 3.77. The molecule has 3 aromatic rings. The maximum atomic E-state index is 13.6. The van der Waals surface area contributed by atoms with E-state index < -0.39 is 0 Å². The molecule has 0 saturated carbocycles.